The molecule has 1 aromatic carbocycles. The standard InChI is InChI=1S/C19H28FN3O2.C2H6/c1-3-17(24)13-22-14-23(16-7-5-15(20)6-8-16)19(18(22)25)9-11-21(4-2)12-10-19;1-2/h5-8,17,24H,3-4,9-14H2,1-2H3;1-2H3. The molecule has 6 heteroatoms. The van der Waals surface area contributed by atoms with Gasteiger partial charge in [0.25, 0.3) is 0 Å². The third-order valence-electron chi connectivity index (χ3n) is 5.69. The highest BCUT2D eigenvalue weighted by Gasteiger charge is 2.53. The maximum atomic E-state index is 13.3. The average Bonchev–Trinajstić information content (AvgIpc) is 2.97. The summed E-state index contributed by atoms with van der Waals surface area (Å²) >= 11 is 0. The lowest BCUT2D eigenvalue weighted by atomic mass is 9.85. The number of anilines is 1. The summed E-state index contributed by atoms with van der Waals surface area (Å²) in [6, 6.07) is 6.38. The number of aliphatic hydroxyl groups excluding tert-OH is 1. The molecule has 2 saturated heterocycles. The van der Waals surface area contributed by atoms with Crippen molar-refractivity contribution in [2.75, 3.05) is 37.7 Å². The lowest BCUT2D eigenvalue weighted by Gasteiger charge is -2.43. The lowest BCUT2D eigenvalue weighted by Crippen LogP contribution is -2.56. The van der Waals surface area contributed by atoms with E-state index in [0.29, 0.717) is 19.6 Å². The Bertz CT molecular complexity index is 600. The number of benzene rings is 1. The molecule has 5 nitrogen and oxygen atoms in total. The molecule has 0 saturated carbocycles. The van der Waals surface area contributed by atoms with Gasteiger partial charge in [-0.1, -0.05) is 27.7 Å². The van der Waals surface area contributed by atoms with Crippen LogP contribution in [0, 0.1) is 5.82 Å². The van der Waals surface area contributed by atoms with E-state index in [1.54, 1.807) is 17.0 Å². The van der Waals surface area contributed by atoms with Gasteiger partial charge in [-0.3, -0.25) is 4.79 Å². The topological polar surface area (TPSA) is 47.0 Å². The number of rotatable bonds is 5. The summed E-state index contributed by atoms with van der Waals surface area (Å²) < 4.78 is 13.3. The minimum Gasteiger partial charge on any atom is -0.391 e. The Hall–Kier alpha value is -1.66. The van der Waals surface area contributed by atoms with Gasteiger partial charge in [-0.15, -0.1) is 0 Å². The lowest BCUT2D eigenvalue weighted by molar-refractivity contribution is -0.134. The van der Waals surface area contributed by atoms with Crippen molar-refractivity contribution >= 4 is 11.6 Å². The first kappa shape index (κ1) is 21.6. The largest absolute Gasteiger partial charge is 0.391 e. The van der Waals surface area contributed by atoms with E-state index < -0.39 is 11.6 Å². The zero-order chi connectivity index (χ0) is 20.0. The van der Waals surface area contributed by atoms with Gasteiger partial charge >= 0.3 is 0 Å². The second-order valence-electron chi connectivity index (χ2n) is 7.10. The highest BCUT2D eigenvalue weighted by Crippen LogP contribution is 2.39. The molecule has 1 unspecified atom stereocenters. The first-order chi connectivity index (χ1) is 13.0. The van der Waals surface area contributed by atoms with Gasteiger partial charge in [0.05, 0.1) is 12.8 Å². The Morgan fingerprint density at radius 3 is 2.26 bits per heavy atom. The van der Waals surface area contributed by atoms with Crippen LogP contribution in [0.1, 0.15) is 47.0 Å². The normalized spacial score (nSPS) is 20.6. The summed E-state index contributed by atoms with van der Waals surface area (Å²) in [7, 11) is 0. The summed E-state index contributed by atoms with van der Waals surface area (Å²) in [4.78, 5) is 19.5. The molecule has 1 spiro atoms. The Morgan fingerprint density at radius 1 is 1.15 bits per heavy atom. The second kappa shape index (κ2) is 9.51. The van der Waals surface area contributed by atoms with Gasteiger partial charge in [-0.2, -0.15) is 0 Å². The monoisotopic (exact) mass is 379 g/mol. The highest BCUT2D eigenvalue weighted by molar-refractivity contribution is 5.93. The summed E-state index contributed by atoms with van der Waals surface area (Å²) in [6.07, 6.45) is 1.63. The maximum Gasteiger partial charge on any atom is 0.250 e. The number of nitrogens with zero attached hydrogens (tertiary/aromatic N) is 3. The van der Waals surface area contributed by atoms with E-state index in [2.05, 4.69) is 16.7 Å². The molecule has 2 aliphatic heterocycles. The van der Waals surface area contributed by atoms with Crippen LogP contribution in [0.5, 0.6) is 0 Å². The summed E-state index contributed by atoms with van der Waals surface area (Å²) in [6.45, 7) is 11.6. The van der Waals surface area contributed by atoms with Crippen molar-refractivity contribution < 1.29 is 14.3 Å². The van der Waals surface area contributed by atoms with Crippen LogP contribution < -0.4 is 4.90 Å². The van der Waals surface area contributed by atoms with Crippen molar-refractivity contribution in [2.45, 2.75) is 58.6 Å². The van der Waals surface area contributed by atoms with Gasteiger partial charge in [0.2, 0.25) is 5.91 Å². The zero-order valence-electron chi connectivity index (χ0n) is 17.1. The van der Waals surface area contributed by atoms with Crippen LogP contribution >= 0.6 is 0 Å². The van der Waals surface area contributed by atoms with E-state index in [9.17, 15) is 14.3 Å². The number of carbonyl (C=O) groups is 1. The molecular formula is C21H34FN3O2. The minimum absolute atomic E-state index is 0.0973. The van der Waals surface area contributed by atoms with Crippen LogP contribution in [0.15, 0.2) is 24.3 Å². The van der Waals surface area contributed by atoms with Gasteiger partial charge in [0.15, 0.2) is 0 Å². The molecule has 1 atom stereocenters. The molecule has 0 aromatic heterocycles. The van der Waals surface area contributed by atoms with E-state index in [1.807, 2.05) is 20.8 Å². The number of amides is 1. The SMILES string of the molecule is CC.CCC(O)CN1CN(c2ccc(F)cc2)C2(CCN(CC)CC2)C1=O. The molecule has 2 aliphatic rings. The second-order valence-corrected chi connectivity index (χ2v) is 7.10. The van der Waals surface area contributed by atoms with Crippen LogP contribution in [0.4, 0.5) is 10.1 Å². The third-order valence-corrected chi connectivity index (χ3v) is 5.69. The number of β-amino-alcohol motifs (C(OH)–C–C–N with tert-alkyl or cyclic N) is 1. The Balaban J connectivity index is 0.00000126. The number of aliphatic hydroxyl groups is 1. The number of piperidine rings is 1. The predicted octanol–water partition coefficient (Wildman–Crippen LogP) is 3.08. The fraction of sp³-hybridized carbons (Fsp3) is 0.667. The van der Waals surface area contributed by atoms with Crippen LogP contribution in [0.3, 0.4) is 0 Å². The quantitative estimate of drug-likeness (QED) is 0.854. The van der Waals surface area contributed by atoms with E-state index in [4.69, 9.17) is 0 Å². The smallest absolute Gasteiger partial charge is 0.250 e. The Morgan fingerprint density at radius 2 is 1.74 bits per heavy atom. The highest BCUT2D eigenvalue weighted by atomic mass is 19.1. The summed E-state index contributed by atoms with van der Waals surface area (Å²) in [5.74, 6) is -0.178. The van der Waals surface area contributed by atoms with Crippen molar-refractivity contribution in [1.82, 2.24) is 9.80 Å². The molecule has 1 amide bonds. The summed E-state index contributed by atoms with van der Waals surface area (Å²) in [5.41, 5.74) is 0.296. The molecular weight excluding hydrogens is 345 g/mol. The minimum atomic E-state index is -0.572. The van der Waals surface area contributed by atoms with E-state index in [0.717, 1.165) is 38.2 Å². The Labute approximate surface area is 162 Å². The van der Waals surface area contributed by atoms with E-state index in [1.165, 1.54) is 12.1 Å². The number of halogens is 1. The van der Waals surface area contributed by atoms with E-state index in [-0.39, 0.29) is 11.7 Å². The van der Waals surface area contributed by atoms with Crippen molar-refractivity contribution in [3.05, 3.63) is 30.1 Å². The fourth-order valence-corrected chi connectivity index (χ4v) is 3.98. The first-order valence-electron chi connectivity index (χ1n) is 10.2. The zero-order valence-corrected chi connectivity index (χ0v) is 17.1. The van der Waals surface area contributed by atoms with Crippen LogP contribution in [-0.4, -0.2) is 65.3 Å². The van der Waals surface area contributed by atoms with Gasteiger partial charge < -0.3 is 19.8 Å². The van der Waals surface area contributed by atoms with Crippen LogP contribution in [0.25, 0.3) is 0 Å². The molecule has 3 rings (SSSR count). The first-order valence-corrected chi connectivity index (χ1v) is 10.2. The predicted molar refractivity (Wildman–Crippen MR) is 107 cm³/mol. The van der Waals surface area contributed by atoms with Gasteiger partial charge in [0.1, 0.15) is 11.4 Å². The average molecular weight is 380 g/mol. The van der Waals surface area contributed by atoms with Crippen molar-refractivity contribution in [3.63, 3.8) is 0 Å². The van der Waals surface area contributed by atoms with Gasteiger partial charge in [-0.25, -0.2) is 4.39 Å². The van der Waals surface area contributed by atoms with Crippen LogP contribution in [-0.2, 0) is 4.79 Å². The van der Waals surface area contributed by atoms with E-state index >= 15 is 0 Å². The number of carbonyl (C=O) groups excluding carboxylic acids is 1. The fourth-order valence-electron chi connectivity index (χ4n) is 3.98. The molecule has 0 bridgehead atoms. The molecule has 0 radical (unpaired) electrons. The third kappa shape index (κ3) is 4.43. The van der Waals surface area contributed by atoms with Crippen molar-refractivity contribution in [2.24, 2.45) is 0 Å². The maximum absolute atomic E-state index is 13.3. The van der Waals surface area contributed by atoms with Gasteiger partial charge in [0, 0.05) is 25.3 Å². The van der Waals surface area contributed by atoms with Crippen molar-refractivity contribution in [1.29, 1.82) is 0 Å². The molecule has 1 N–H and O–H groups in total. The molecule has 152 valence electrons. The molecule has 2 heterocycles. The number of hydrogen-bond donors (Lipinski definition) is 1. The van der Waals surface area contributed by atoms with Crippen molar-refractivity contribution in [3.8, 4) is 0 Å². The number of hydrogen-bond acceptors (Lipinski definition) is 4. The van der Waals surface area contributed by atoms with Crippen LogP contribution in [0.2, 0.25) is 0 Å². The molecule has 1 aromatic rings. The number of likely N-dealkylation sites (tertiary alicyclic amines) is 1. The molecule has 27 heavy (non-hydrogen) atoms. The Kier molecular flexibility index (Phi) is 7.62. The van der Waals surface area contributed by atoms with Gasteiger partial charge in [-0.05, 0) is 50.1 Å². The molecule has 2 fully saturated rings. The molecule has 0 aliphatic carbocycles. The summed E-state index contributed by atoms with van der Waals surface area (Å²) in [5, 5.41) is 10.0.